The number of carbonyl (C=O) groups excluding carboxylic acids is 1. The van der Waals surface area contributed by atoms with E-state index in [9.17, 15) is 9.59 Å². The topological polar surface area (TPSA) is 95.4 Å². The molecular weight excluding hydrogens is 320 g/mol. The second-order valence-electron chi connectivity index (χ2n) is 6.33. The highest BCUT2D eigenvalue weighted by Gasteiger charge is 2.19. The number of nitrogens with zero attached hydrogens (tertiary/aromatic N) is 4. The minimum atomic E-state index is -0.370. The van der Waals surface area contributed by atoms with Crippen molar-refractivity contribution >= 4 is 22.5 Å². The fourth-order valence-corrected chi connectivity index (χ4v) is 3.35. The fourth-order valence-electron chi connectivity index (χ4n) is 3.35. The molecule has 8 nitrogen and oxygen atoms in total. The number of piperidine rings is 1. The van der Waals surface area contributed by atoms with Crippen LogP contribution in [0.15, 0.2) is 29.1 Å². The molecule has 0 aliphatic carbocycles. The van der Waals surface area contributed by atoms with Gasteiger partial charge in [-0.15, -0.1) is 5.10 Å². The first-order chi connectivity index (χ1) is 12.2. The van der Waals surface area contributed by atoms with Crippen molar-refractivity contribution in [1.29, 1.82) is 0 Å². The van der Waals surface area contributed by atoms with Crippen LogP contribution in [0, 0.1) is 0 Å². The second kappa shape index (κ2) is 6.64. The predicted molar refractivity (Wildman–Crippen MR) is 93.7 cm³/mol. The third kappa shape index (κ3) is 3.00. The predicted octanol–water partition coefficient (Wildman–Crippen LogP) is 0.787. The molecule has 1 aromatic carbocycles. The molecule has 0 radical (unpaired) electrons. The number of nitrogens with one attached hydrogen (secondary N) is 2. The van der Waals surface area contributed by atoms with Crippen LogP contribution in [0.4, 0.5) is 0 Å². The summed E-state index contributed by atoms with van der Waals surface area (Å²) in [6.45, 7) is 3.50. The summed E-state index contributed by atoms with van der Waals surface area (Å²) >= 11 is 0. The van der Waals surface area contributed by atoms with Crippen molar-refractivity contribution in [2.24, 2.45) is 0 Å². The van der Waals surface area contributed by atoms with Crippen molar-refractivity contribution in [2.75, 3.05) is 26.2 Å². The first kappa shape index (κ1) is 15.8. The molecule has 0 atom stereocenters. The van der Waals surface area contributed by atoms with Crippen molar-refractivity contribution in [1.82, 2.24) is 30.0 Å². The average molecular weight is 340 g/mol. The molecule has 1 fully saturated rings. The molecule has 0 spiro atoms. The number of para-hydroxylation sites is 2. The third-order valence-corrected chi connectivity index (χ3v) is 4.64. The number of hydrogen-bond donors (Lipinski definition) is 2. The highest BCUT2D eigenvalue weighted by atomic mass is 16.2. The number of hydrogen-bond acceptors (Lipinski definition) is 5. The molecule has 1 aliphatic heterocycles. The maximum Gasteiger partial charge on any atom is 0.277 e. The zero-order chi connectivity index (χ0) is 17.2. The number of amides is 1. The van der Waals surface area contributed by atoms with Gasteiger partial charge in [-0.25, -0.2) is 4.52 Å². The third-order valence-electron chi connectivity index (χ3n) is 4.64. The molecule has 0 bridgehead atoms. The molecule has 1 aliphatic rings. The number of likely N-dealkylation sites (tertiary alicyclic amines) is 1. The van der Waals surface area contributed by atoms with Crippen molar-refractivity contribution in [3.63, 3.8) is 0 Å². The summed E-state index contributed by atoms with van der Waals surface area (Å²) in [7, 11) is 0. The van der Waals surface area contributed by atoms with Gasteiger partial charge in [-0.3, -0.25) is 9.59 Å². The standard InChI is InChI=1S/C17H20N6O2/c24-16(18-8-11-22-9-4-1-5-10-22)14-15-17(25)19-12-6-2-3-7-13(12)23(15)21-20-14/h2-3,6-7H,1,4-5,8-11H2,(H,18,24)(H,19,25). The molecule has 0 unspecified atom stereocenters. The first-order valence-corrected chi connectivity index (χ1v) is 8.61. The van der Waals surface area contributed by atoms with Crippen LogP contribution in [-0.4, -0.2) is 56.8 Å². The van der Waals surface area contributed by atoms with E-state index in [4.69, 9.17) is 0 Å². The van der Waals surface area contributed by atoms with E-state index in [2.05, 4.69) is 25.5 Å². The molecule has 3 aromatic rings. The Kier molecular flexibility index (Phi) is 4.19. The van der Waals surface area contributed by atoms with Crippen LogP contribution < -0.4 is 10.9 Å². The maximum absolute atomic E-state index is 12.5. The Hall–Kier alpha value is -2.74. The highest BCUT2D eigenvalue weighted by Crippen LogP contribution is 2.12. The van der Waals surface area contributed by atoms with Crippen LogP contribution in [0.5, 0.6) is 0 Å². The van der Waals surface area contributed by atoms with Crippen LogP contribution in [0.25, 0.3) is 16.6 Å². The molecule has 2 N–H and O–H groups in total. The second-order valence-corrected chi connectivity index (χ2v) is 6.33. The summed E-state index contributed by atoms with van der Waals surface area (Å²) in [4.78, 5) is 29.9. The summed E-state index contributed by atoms with van der Waals surface area (Å²) in [5.41, 5.74) is 1.23. The summed E-state index contributed by atoms with van der Waals surface area (Å²) in [5.74, 6) is -0.368. The van der Waals surface area contributed by atoms with Crippen molar-refractivity contribution in [3.8, 4) is 0 Å². The Morgan fingerprint density at radius 2 is 2.00 bits per heavy atom. The Morgan fingerprint density at radius 1 is 1.20 bits per heavy atom. The monoisotopic (exact) mass is 340 g/mol. The van der Waals surface area contributed by atoms with Gasteiger partial charge in [0.25, 0.3) is 11.5 Å². The number of rotatable bonds is 4. The van der Waals surface area contributed by atoms with Gasteiger partial charge in [0.15, 0.2) is 11.2 Å². The number of H-pyrrole nitrogens is 1. The van der Waals surface area contributed by atoms with Gasteiger partial charge in [-0.05, 0) is 38.1 Å². The van der Waals surface area contributed by atoms with E-state index in [1.807, 2.05) is 18.2 Å². The summed E-state index contributed by atoms with van der Waals surface area (Å²) in [5, 5.41) is 10.8. The Morgan fingerprint density at radius 3 is 2.84 bits per heavy atom. The quantitative estimate of drug-likeness (QED) is 0.732. The van der Waals surface area contributed by atoms with E-state index in [1.165, 1.54) is 23.8 Å². The highest BCUT2D eigenvalue weighted by molar-refractivity contribution is 5.99. The largest absolute Gasteiger partial charge is 0.349 e. The maximum atomic E-state index is 12.5. The van der Waals surface area contributed by atoms with Gasteiger partial charge in [-0.2, -0.15) is 0 Å². The van der Waals surface area contributed by atoms with E-state index in [1.54, 1.807) is 6.07 Å². The van der Waals surface area contributed by atoms with E-state index in [0.717, 1.165) is 19.6 Å². The molecule has 0 saturated carbocycles. The Balaban J connectivity index is 1.55. The lowest BCUT2D eigenvalue weighted by atomic mass is 10.1. The Bertz CT molecular complexity index is 970. The number of fused-ring (bicyclic) bond motifs is 3. The minimum Gasteiger partial charge on any atom is -0.349 e. The van der Waals surface area contributed by atoms with Gasteiger partial charge in [0.2, 0.25) is 0 Å². The molecule has 1 amide bonds. The lowest BCUT2D eigenvalue weighted by Gasteiger charge is -2.26. The Labute approximate surface area is 143 Å². The summed E-state index contributed by atoms with van der Waals surface area (Å²) in [6, 6.07) is 7.29. The molecule has 3 heterocycles. The van der Waals surface area contributed by atoms with Gasteiger partial charge in [0, 0.05) is 13.1 Å². The van der Waals surface area contributed by atoms with Crippen molar-refractivity contribution < 1.29 is 4.79 Å². The van der Waals surface area contributed by atoms with Crippen LogP contribution in [0.3, 0.4) is 0 Å². The molecule has 4 rings (SSSR count). The number of carbonyl (C=O) groups is 1. The van der Waals surface area contributed by atoms with E-state index >= 15 is 0 Å². The van der Waals surface area contributed by atoms with Gasteiger partial charge in [0.05, 0.1) is 11.0 Å². The SMILES string of the molecule is O=C(NCCN1CCCCC1)c1nnn2c1c(=O)[nH]c1ccccc12. The van der Waals surface area contributed by atoms with Crippen molar-refractivity contribution in [2.45, 2.75) is 19.3 Å². The smallest absolute Gasteiger partial charge is 0.277 e. The number of aromatic nitrogens is 4. The molecule has 1 saturated heterocycles. The average Bonchev–Trinajstić information content (AvgIpc) is 3.09. The van der Waals surface area contributed by atoms with Crippen LogP contribution in [-0.2, 0) is 0 Å². The lowest BCUT2D eigenvalue weighted by Crippen LogP contribution is -2.38. The zero-order valence-electron chi connectivity index (χ0n) is 13.9. The fraction of sp³-hybridized carbons (Fsp3) is 0.412. The molecule has 130 valence electrons. The van der Waals surface area contributed by atoms with Crippen LogP contribution in [0.1, 0.15) is 29.8 Å². The van der Waals surface area contributed by atoms with E-state index in [-0.39, 0.29) is 22.7 Å². The van der Waals surface area contributed by atoms with Gasteiger partial charge in [0.1, 0.15) is 0 Å². The van der Waals surface area contributed by atoms with Gasteiger partial charge >= 0.3 is 0 Å². The van der Waals surface area contributed by atoms with Gasteiger partial charge in [-0.1, -0.05) is 23.8 Å². The molecular formula is C17H20N6O2. The lowest BCUT2D eigenvalue weighted by molar-refractivity contribution is 0.0943. The van der Waals surface area contributed by atoms with E-state index in [0.29, 0.717) is 17.6 Å². The van der Waals surface area contributed by atoms with E-state index < -0.39 is 0 Å². The minimum absolute atomic E-state index is 0.0608. The van der Waals surface area contributed by atoms with Crippen molar-refractivity contribution in [3.05, 3.63) is 40.3 Å². The van der Waals surface area contributed by atoms with Crippen LogP contribution in [0.2, 0.25) is 0 Å². The normalized spacial score (nSPS) is 15.7. The zero-order valence-corrected chi connectivity index (χ0v) is 13.9. The van der Waals surface area contributed by atoms with Gasteiger partial charge < -0.3 is 15.2 Å². The summed E-state index contributed by atoms with van der Waals surface area (Å²) in [6.07, 6.45) is 3.71. The molecule has 8 heteroatoms. The number of benzene rings is 1. The molecule has 25 heavy (non-hydrogen) atoms. The van der Waals surface area contributed by atoms with Crippen LogP contribution >= 0.6 is 0 Å². The summed E-state index contributed by atoms with van der Waals surface area (Å²) < 4.78 is 1.42. The first-order valence-electron chi connectivity index (χ1n) is 8.61. The number of aromatic amines is 1. The molecule has 2 aromatic heterocycles.